The molecule has 0 saturated carbocycles. The highest BCUT2D eigenvalue weighted by Gasteiger charge is 2.26. The molecule has 34 heavy (non-hydrogen) atoms. The molecule has 1 aromatic heterocycles. The van der Waals surface area contributed by atoms with Crippen LogP contribution in [0.15, 0.2) is 65.5 Å². The van der Waals surface area contributed by atoms with Crippen LogP contribution in [0.5, 0.6) is 0 Å². The van der Waals surface area contributed by atoms with Crippen LogP contribution < -0.4 is 10.2 Å². The summed E-state index contributed by atoms with van der Waals surface area (Å²) in [6.45, 7) is 7.48. The summed E-state index contributed by atoms with van der Waals surface area (Å²) in [6, 6.07) is 15.1. The molecule has 1 saturated heterocycles. The Kier molecular flexibility index (Phi) is 6.22. The van der Waals surface area contributed by atoms with Crippen molar-refractivity contribution in [3.63, 3.8) is 0 Å². The predicted octanol–water partition coefficient (Wildman–Crippen LogP) is 4.34. The van der Waals surface area contributed by atoms with Gasteiger partial charge in [0.05, 0.1) is 24.0 Å². The average molecular weight is 460 g/mol. The minimum Gasteiger partial charge on any atom is -0.472 e. The molecule has 7 heteroatoms. The van der Waals surface area contributed by atoms with Crippen molar-refractivity contribution in [2.45, 2.75) is 39.0 Å². The molecular weight excluding hydrogens is 430 g/mol. The van der Waals surface area contributed by atoms with Gasteiger partial charge in [0.15, 0.2) is 0 Å². The van der Waals surface area contributed by atoms with E-state index < -0.39 is 0 Å². The quantitative estimate of drug-likeness (QED) is 0.614. The van der Waals surface area contributed by atoms with E-state index in [0.717, 1.165) is 43.0 Å². The lowest BCUT2D eigenvalue weighted by Crippen LogP contribution is -2.44. The Morgan fingerprint density at radius 2 is 1.76 bits per heavy atom. The number of nitrogens with zero attached hydrogens (tertiary/aromatic N) is 2. The maximum atomic E-state index is 12.8. The lowest BCUT2D eigenvalue weighted by molar-refractivity contribution is -0.0704. The number of furan rings is 1. The van der Waals surface area contributed by atoms with E-state index >= 15 is 0 Å². The van der Waals surface area contributed by atoms with Crippen LogP contribution in [-0.4, -0.2) is 48.6 Å². The predicted molar refractivity (Wildman–Crippen MR) is 130 cm³/mol. The minimum atomic E-state index is -0.149. The molecule has 5 rings (SSSR count). The zero-order valence-corrected chi connectivity index (χ0v) is 19.5. The van der Waals surface area contributed by atoms with Crippen LogP contribution in [-0.2, 0) is 17.7 Å². The van der Waals surface area contributed by atoms with Crippen molar-refractivity contribution < 1.29 is 18.7 Å². The number of morpholine rings is 1. The van der Waals surface area contributed by atoms with Crippen LogP contribution in [0.3, 0.4) is 0 Å². The second-order valence-corrected chi connectivity index (χ2v) is 9.16. The van der Waals surface area contributed by atoms with Gasteiger partial charge < -0.3 is 19.4 Å². The molecule has 2 atom stereocenters. The second-order valence-electron chi connectivity index (χ2n) is 9.16. The molecule has 1 N–H and O–H groups in total. The number of anilines is 2. The molecule has 3 heterocycles. The number of benzene rings is 2. The monoisotopic (exact) mass is 459 g/mol. The lowest BCUT2D eigenvalue weighted by Gasteiger charge is -2.35. The summed E-state index contributed by atoms with van der Waals surface area (Å²) in [7, 11) is 0. The Morgan fingerprint density at radius 3 is 2.47 bits per heavy atom. The zero-order chi connectivity index (χ0) is 23.7. The SMILES string of the molecule is CC1CN(Cc2ccc(C(=O)Nc3ccc4c(c3)CCN4C(=O)c3ccoc3)cc2)CC(C)O1. The zero-order valence-electron chi connectivity index (χ0n) is 19.5. The number of fused-ring (bicyclic) bond motifs is 1. The van der Waals surface area contributed by atoms with Crippen LogP contribution in [0.25, 0.3) is 0 Å². The van der Waals surface area contributed by atoms with Gasteiger partial charge in [-0.25, -0.2) is 0 Å². The number of hydrogen-bond acceptors (Lipinski definition) is 5. The first-order valence-electron chi connectivity index (χ1n) is 11.7. The van der Waals surface area contributed by atoms with Crippen LogP contribution in [0.4, 0.5) is 11.4 Å². The molecule has 2 aromatic carbocycles. The largest absolute Gasteiger partial charge is 0.472 e. The van der Waals surface area contributed by atoms with Crippen LogP contribution in [0.1, 0.15) is 45.7 Å². The fourth-order valence-electron chi connectivity index (χ4n) is 4.87. The van der Waals surface area contributed by atoms with E-state index in [1.807, 2.05) is 42.5 Å². The van der Waals surface area contributed by atoms with Gasteiger partial charge in [0, 0.05) is 43.1 Å². The summed E-state index contributed by atoms with van der Waals surface area (Å²) in [6.07, 6.45) is 4.17. The summed E-state index contributed by atoms with van der Waals surface area (Å²) in [5.74, 6) is -0.227. The van der Waals surface area contributed by atoms with Gasteiger partial charge in [0.25, 0.3) is 11.8 Å². The van der Waals surface area contributed by atoms with Crippen molar-refractivity contribution in [1.82, 2.24) is 4.90 Å². The van der Waals surface area contributed by atoms with E-state index in [1.165, 1.54) is 18.1 Å². The van der Waals surface area contributed by atoms with Gasteiger partial charge in [0.2, 0.25) is 0 Å². The highest BCUT2D eigenvalue weighted by molar-refractivity contribution is 6.08. The standard InChI is InChI=1S/C27H29N3O4/c1-18-14-29(15-19(2)34-18)16-20-3-5-21(6-4-20)26(31)28-24-7-8-25-22(13-24)9-11-30(25)27(32)23-10-12-33-17-23/h3-8,10,12-13,17-19H,9,11,14-16H2,1-2H3,(H,28,31). The van der Waals surface area contributed by atoms with Crippen molar-refractivity contribution in [2.75, 3.05) is 29.9 Å². The van der Waals surface area contributed by atoms with Crippen molar-refractivity contribution in [3.05, 3.63) is 83.3 Å². The maximum absolute atomic E-state index is 12.8. The molecule has 7 nitrogen and oxygen atoms in total. The van der Waals surface area contributed by atoms with E-state index in [4.69, 9.17) is 9.15 Å². The van der Waals surface area contributed by atoms with Crippen molar-refractivity contribution in [3.8, 4) is 0 Å². The van der Waals surface area contributed by atoms with Crippen molar-refractivity contribution in [1.29, 1.82) is 0 Å². The molecule has 0 spiro atoms. The average Bonchev–Trinajstić information content (AvgIpc) is 3.49. The molecule has 0 bridgehead atoms. The fourth-order valence-corrected chi connectivity index (χ4v) is 4.87. The van der Waals surface area contributed by atoms with Crippen molar-refractivity contribution >= 4 is 23.2 Å². The van der Waals surface area contributed by atoms with Gasteiger partial charge in [-0.3, -0.25) is 14.5 Å². The smallest absolute Gasteiger partial charge is 0.261 e. The van der Waals surface area contributed by atoms with Gasteiger partial charge in [-0.05, 0) is 67.8 Å². The van der Waals surface area contributed by atoms with E-state index in [2.05, 4.69) is 24.1 Å². The first kappa shape index (κ1) is 22.4. The van der Waals surface area contributed by atoms with Crippen LogP contribution >= 0.6 is 0 Å². The Morgan fingerprint density at radius 1 is 1.00 bits per heavy atom. The van der Waals surface area contributed by atoms with Crippen molar-refractivity contribution in [2.24, 2.45) is 0 Å². The highest BCUT2D eigenvalue weighted by Crippen LogP contribution is 2.32. The highest BCUT2D eigenvalue weighted by atomic mass is 16.5. The molecule has 2 aliphatic heterocycles. The Balaban J connectivity index is 1.21. The van der Waals surface area contributed by atoms with E-state index in [-0.39, 0.29) is 24.0 Å². The van der Waals surface area contributed by atoms with Gasteiger partial charge >= 0.3 is 0 Å². The number of carbonyl (C=O) groups excluding carboxylic acids is 2. The van der Waals surface area contributed by atoms with Gasteiger partial charge in [0.1, 0.15) is 6.26 Å². The number of hydrogen-bond donors (Lipinski definition) is 1. The minimum absolute atomic E-state index is 0.0784. The summed E-state index contributed by atoms with van der Waals surface area (Å²) in [5, 5.41) is 2.99. The summed E-state index contributed by atoms with van der Waals surface area (Å²) in [5.41, 5.74) is 4.97. The topological polar surface area (TPSA) is 75.0 Å². The lowest BCUT2D eigenvalue weighted by atomic mass is 10.1. The molecular formula is C27H29N3O4. The van der Waals surface area contributed by atoms with Gasteiger partial charge in [-0.15, -0.1) is 0 Å². The Bertz CT molecular complexity index is 1160. The number of ether oxygens (including phenoxy) is 1. The van der Waals surface area contributed by atoms with E-state index in [0.29, 0.717) is 17.7 Å². The third-order valence-electron chi connectivity index (χ3n) is 6.36. The van der Waals surface area contributed by atoms with Gasteiger partial charge in [-0.1, -0.05) is 12.1 Å². The maximum Gasteiger partial charge on any atom is 0.261 e. The van der Waals surface area contributed by atoms with Gasteiger partial charge in [-0.2, -0.15) is 0 Å². The number of carbonyl (C=O) groups is 2. The summed E-state index contributed by atoms with van der Waals surface area (Å²) < 4.78 is 10.8. The first-order valence-corrected chi connectivity index (χ1v) is 11.7. The van der Waals surface area contributed by atoms with Crippen LogP contribution in [0.2, 0.25) is 0 Å². The summed E-state index contributed by atoms with van der Waals surface area (Å²) >= 11 is 0. The van der Waals surface area contributed by atoms with E-state index in [1.54, 1.807) is 11.0 Å². The molecule has 2 unspecified atom stereocenters. The Labute approximate surface area is 199 Å². The van der Waals surface area contributed by atoms with E-state index in [9.17, 15) is 9.59 Å². The number of nitrogens with one attached hydrogen (secondary N) is 1. The third kappa shape index (κ3) is 4.76. The molecule has 0 radical (unpaired) electrons. The number of amides is 2. The molecule has 2 aliphatic rings. The normalized spacial score (nSPS) is 20.2. The summed E-state index contributed by atoms with van der Waals surface area (Å²) in [4.78, 5) is 29.6. The number of rotatable bonds is 5. The molecule has 3 aromatic rings. The molecule has 176 valence electrons. The second kappa shape index (κ2) is 9.44. The Hall–Kier alpha value is -3.42. The fraction of sp³-hybridized carbons (Fsp3) is 0.333. The van der Waals surface area contributed by atoms with Crippen LogP contribution in [0, 0.1) is 0 Å². The molecule has 0 aliphatic carbocycles. The third-order valence-corrected chi connectivity index (χ3v) is 6.36. The molecule has 2 amide bonds. The first-order chi connectivity index (χ1) is 16.5. The molecule has 1 fully saturated rings.